The lowest BCUT2D eigenvalue weighted by Gasteiger charge is -2.29. The molecule has 2 heterocycles. The van der Waals surface area contributed by atoms with Crippen molar-refractivity contribution < 1.29 is 14.3 Å². The van der Waals surface area contributed by atoms with Crippen molar-refractivity contribution in [1.82, 2.24) is 19.5 Å². The van der Waals surface area contributed by atoms with Gasteiger partial charge in [0.15, 0.2) is 5.65 Å². The van der Waals surface area contributed by atoms with Gasteiger partial charge in [0, 0.05) is 23.0 Å². The summed E-state index contributed by atoms with van der Waals surface area (Å²) in [5.41, 5.74) is 6.71. The second-order valence-electron chi connectivity index (χ2n) is 9.65. The molecule has 3 aromatic rings. The van der Waals surface area contributed by atoms with Crippen molar-refractivity contribution in [2.24, 2.45) is 11.7 Å². The first-order chi connectivity index (χ1) is 17.3. The van der Waals surface area contributed by atoms with E-state index in [0.29, 0.717) is 55.2 Å². The topological polar surface area (TPSA) is 131 Å². The van der Waals surface area contributed by atoms with E-state index in [1.165, 1.54) is 12.1 Å². The molecule has 0 spiro atoms. The molecular formula is C24H28Cl2FN7O2. The molecule has 1 amide bonds. The van der Waals surface area contributed by atoms with Gasteiger partial charge in [0.25, 0.3) is 0 Å². The zero-order valence-electron chi connectivity index (χ0n) is 19.6. The first-order valence-electron chi connectivity index (χ1n) is 12.2. The van der Waals surface area contributed by atoms with Crippen LogP contribution in [0.4, 0.5) is 22.0 Å². The number of nitrogens with one attached hydrogen (secondary N) is 2. The van der Waals surface area contributed by atoms with E-state index < -0.39 is 5.82 Å². The fourth-order valence-electron chi connectivity index (χ4n) is 5.26. The van der Waals surface area contributed by atoms with Crippen LogP contribution < -0.4 is 16.4 Å². The van der Waals surface area contributed by atoms with Gasteiger partial charge in [-0.05, 0) is 63.5 Å². The first-order valence-corrected chi connectivity index (χ1v) is 12.9. The SMILES string of the molecule is NC(=O)[C@H]1CC[C@H](n2c(Nc3c(F)cc(Cl)cc3Cl)nc3cnc(N[C@@H]4CCC[C@@H](O)C4)nc32)CC1. The third kappa shape index (κ3) is 5.21. The fraction of sp³-hybridized carbons (Fsp3) is 0.500. The van der Waals surface area contributed by atoms with E-state index in [4.69, 9.17) is 33.9 Å². The van der Waals surface area contributed by atoms with Crippen molar-refractivity contribution >= 4 is 57.9 Å². The van der Waals surface area contributed by atoms with Crippen molar-refractivity contribution in [3.8, 4) is 0 Å². The third-order valence-corrected chi connectivity index (χ3v) is 7.64. The number of anilines is 3. The van der Waals surface area contributed by atoms with E-state index in [1.54, 1.807) is 6.20 Å². The molecule has 0 saturated heterocycles. The number of nitrogens with two attached hydrogens (primary N) is 1. The summed E-state index contributed by atoms with van der Waals surface area (Å²) in [4.78, 5) is 25.5. The standard InChI is InChI=1S/C24H28Cl2FN7O2/c25-13-8-17(26)20(18(27)9-13)32-24-31-19-11-29-23(30-14-2-1-3-16(35)10-14)33-22(19)34(24)15-6-4-12(5-7-15)21(28)36/h8-9,11-12,14-16,35H,1-7,10H2,(H2,28,36)(H,31,32)(H,29,30,33)/t12-,14-,15-,16-/m1/s1. The number of fused-ring (bicyclic) bond motifs is 1. The molecule has 2 aliphatic carbocycles. The van der Waals surface area contributed by atoms with E-state index in [1.807, 2.05) is 4.57 Å². The Labute approximate surface area is 217 Å². The van der Waals surface area contributed by atoms with Gasteiger partial charge in [-0.1, -0.05) is 23.2 Å². The lowest BCUT2D eigenvalue weighted by molar-refractivity contribution is -0.122. The molecule has 9 nitrogen and oxygen atoms in total. The number of rotatable bonds is 6. The van der Waals surface area contributed by atoms with Crippen LogP contribution in [0, 0.1) is 11.7 Å². The molecular weight excluding hydrogens is 508 g/mol. The monoisotopic (exact) mass is 535 g/mol. The predicted octanol–water partition coefficient (Wildman–Crippen LogP) is 4.95. The second-order valence-corrected chi connectivity index (χ2v) is 10.5. The Morgan fingerprint density at radius 2 is 1.92 bits per heavy atom. The maximum absolute atomic E-state index is 14.7. The quantitative estimate of drug-likeness (QED) is 0.351. The molecule has 0 radical (unpaired) electrons. The summed E-state index contributed by atoms with van der Waals surface area (Å²) < 4.78 is 16.7. The number of carbonyl (C=O) groups excluding carboxylic acids is 1. The Balaban J connectivity index is 1.51. The van der Waals surface area contributed by atoms with Gasteiger partial charge in [0.1, 0.15) is 11.3 Å². The Hall–Kier alpha value is -2.69. The number of amides is 1. The summed E-state index contributed by atoms with van der Waals surface area (Å²) in [6.45, 7) is 0. The van der Waals surface area contributed by atoms with Gasteiger partial charge in [-0.2, -0.15) is 4.98 Å². The summed E-state index contributed by atoms with van der Waals surface area (Å²) >= 11 is 12.2. The van der Waals surface area contributed by atoms with Gasteiger partial charge in [0.2, 0.25) is 17.8 Å². The molecule has 1 aromatic carbocycles. The van der Waals surface area contributed by atoms with Crippen LogP contribution in [0.3, 0.4) is 0 Å². The number of aliphatic hydroxyl groups is 1. The van der Waals surface area contributed by atoms with Crippen molar-refractivity contribution in [2.75, 3.05) is 10.6 Å². The smallest absolute Gasteiger partial charge is 0.224 e. The van der Waals surface area contributed by atoms with Gasteiger partial charge in [-0.25, -0.2) is 14.4 Å². The van der Waals surface area contributed by atoms with Crippen LogP contribution in [0.1, 0.15) is 57.4 Å². The third-order valence-electron chi connectivity index (χ3n) is 7.12. The van der Waals surface area contributed by atoms with Crippen molar-refractivity contribution in [3.63, 3.8) is 0 Å². The fourth-order valence-corrected chi connectivity index (χ4v) is 5.78. The minimum atomic E-state index is -0.604. The number of aromatic nitrogens is 4. The van der Waals surface area contributed by atoms with Gasteiger partial charge in [0.05, 0.1) is 23.0 Å². The minimum Gasteiger partial charge on any atom is -0.393 e. The molecule has 2 aromatic heterocycles. The predicted molar refractivity (Wildman–Crippen MR) is 137 cm³/mol. The van der Waals surface area contributed by atoms with Crippen molar-refractivity contribution in [2.45, 2.75) is 69.6 Å². The number of imidazole rings is 1. The van der Waals surface area contributed by atoms with Crippen LogP contribution in [0.25, 0.3) is 11.2 Å². The number of benzene rings is 1. The molecule has 2 atom stereocenters. The highest BCUT2D eigenvalue weighted by Gasteiger charge is 2.30. The molecule has 2 saturated carbocycles. The molecule has 36 heavy (non-hydrogen) atoms. The van der Waals surface area contributed by atoms with Crippen LogP contribution in [-0.4, -0.2) is 42.7 Å². The number of aliphatic hydroxyl groups excluding tert-OH is 1. The molecule has 192 valence electrons. The van der Waals surface area contributed by atoms with Gasteiger partial charge >= 0.3 is 0 Å². The zero-order chi connectivity index (χ0) is 25.4. The Morgan fingerprint density at radius 1 is 1.14 bits per heavy atom. The number of primary amides is 1. The van der Waals surface area contributed by atoms with E-state index >= 15 is 0 Å². The van der Waals surface area contributed by atoms with E-state index in [9.17, 15) is 14.3 Å². The first kappa shape index (κ1) is 25.0. The average Bonchev–Trinajstić information content (AvgIpc) is 3.18. The molecule has 5 N–H and O–H groups in total. The zero-order valence-corrected chi connectivity index (χ0v) is 21.1. The molecule has 12 heteroatoms. The highest BCUT2D eigenvalue weighted by atomic mass is 35.5. The van der Waals surface area contributed by atoms with Gasteiger partial charge < -0.3 is 21.5 Å². The Bertz CT molecular complexity index is 1260. The molecule has 5 rings (SSSR count). The molecule has 2 aliphatic rings. The van der Waals surface area contributed by atoms with Crippen LogP contribution >= 0.6 is 23.2 Å². The number of nitrogens with zero attached hydrogens (tertiary/aromatic N) is 4. The average molecular weight is 536 g/mol. The van der Waals surface area contributed by atoms with Gasteiger partial charge in [-0.3, -0.25) is 9.36 Å². The van der Waals surface area contributed by atoms with Crippen LogP contribution in [-0.2, 0) is 4.79 Å². The number of halogens is 3. The van der Waals surface area contributed by atoms with E-state index in [-0.39, 0.29) is 45.7 Å². The summed E-state index contributed by atoms with van der Waals surface area (Å²) in [5.74, 6) is -0.250. The summed E-state index contributed by atoms with van der Waals surface area (Å²) in [6, 6.07) is 2.68. The summed E-state index contributed by atoms with van der Waals surface area (Å²) in [7, 11) is 0. The summed E-state index contributed by atoms with van der Waals surface area (Å²) in [5, 5.41) is 16.7. The van der Waals surface area contributed by atoms with Crippen LogP contribution in [0.5, 0.6) is 0 Å². The van der Waals surface area contributed by atoms with Crippen LogP contribution in [0.2, 0.25) is 10.0 Å². The molecule has 0 unspecified atom stereocenters. The molecule has 0 aliphatic heterocycles. The lowest BCUT2D eigenvalue weighted by Crippen LogP contribution is -2.30. The Kier molecular flexibility index (Phi) is 7.18. The number of hydrogen-bond donors (Lipinski definition) is 4. The molecule has 2 fully saturated rings. The second kappa shape index (κ2) is 10.4. The van der Waals surface area contributed by atoms with Crippen molar-refractivity contribution in [3.05, 3.63) is 34.2 Å². The minimum absolute atomic E-state index is 0.0403. The number of carbonyl (C=O) groups is 1. The van der Waals surface area contributed by atoms with Crippen LogP contribution in [0.15, 0.2) is 18.3 Å². The lowest BCUT2D eigenvalue weighted by atomic mass is 9.85. The van der Waals surface area contributed by atoms with E-state index in [0.717, 1.165) is 19.3 Å². The largest absolute Gasteiger partial charge is 0.393 e. The maximum atomic E-state index is 14.7. The molecule has 0 bridgehead atoms. The number of hydrogen-bond acceptors (Lipinski definition) is 7. The van der Waals surface area contributed by atoms with E-state index in [2.05, 4.69) is 20.6 Å². The van der Waals surface area contributed by atoms with Crippen molar-refractivity contribution in [1.29, 1.82) is 0 Å². The Morgan fingerprint density at radius 3 is 2.61 bits per heavy atom. The normalized spacial score (nSPS) is 24.6. The summed E-state index contributed by atoms with van der Waals surface area (Å²) in [6.07, 6.45) is 7.26. The van der Waals surface area contributed by atoms with Gasteiger partial charge in [-0.15, -0.1) is 0 Å². The highest BCUT2D eigenvalue weighted by molar-refractivity contribution is 6.36. The maximum Gasteiger partial charge on any atom is 0.224 e. The highest BCUT2D eigenvalue weighted by Crippen LogP contribution is 2.38.